The minimum Gasteiger partial charge on any atom is -0.462 e. The number of hydrogen-bond acceptors (Lipinski definition) is 5. The van der Waals surface area contributed by atoms with Crippen LogP contribution in [0.4, 0.5) is 5.00 Å². The van der Waals surface area contributed by atoms with E-state index in [1.54, 1.807) is 18.4 Å². The van der Waals surface area contributed by atoms with Crippen molar-refractivity contribution in [2.75, 3.05) is 18.5 Å². The number of carbonyl (C=O) groups excluding carboxylic acids is 2. The van der Waals surface area contributed by atoms with E-state index in [1.807, 2.05) is 31.2 Å². The molecule has 2 N–H and O–H groups in total. The van der Waals surface area contributed by atoms with Crippen molar-refractivity contribution >= 4 is 39.8 Å². The number of benzene rings is 1. The van der Waals surface area contributed by atoms with Crippen LogP contribution in [0.15, 0.2) is 35.7 Å². The van der Waals surface area contributed by atoms with E-state index in [2.05, 4.69) is 10.6 Å². The van der Waals surface area contributed by atoms with E-state index >= 15 is 0 Å². The molecule has 5 nitrogen and oxygen atoms in total. The third-order valence-corrected chi connectivity index (χ3v) is 4.43. The van der Waals surface area contributed by atoms with Gasteiger partial charge in [-0.1, -0.05) is 23.7 Å². The Morgan fingerprint density at radius 1 is 1.25 bits per heavy atom. The molecule has 0 fully saturated rings. The van der Waals surface area contributed by atoms with Crippen LogP contribution in [-0.2, 0) is 9.53 Å². The van der Waals surface area contributed by atoms with Crippen LogP contribution >= 0.6 is 22.9 Å². The van der Waals surface area contributed by atoms with Crippen molar-refractivity contribution in [3.8, 4) is 0 Å². The molecule has 1 heterocycles. The number of ether oxygens (including phenoxy) is 1. The largest absolute Gasteiger partial charge is 0.462 e. The second-order valence-corrected chi connectivity index (χ2v) is 6.44. The minimum atomic E-state index is -0.434. The average molecular weight is 367 g/mol. The highest BCUT2D eigenvalue weighted by atomic mass is 35.5. The second-order valence-electron chi connectivity index (χ2n) is 5.09. The van der Waals surface area contributed by atoms with E-state index in [4.69, 9.17) is 16.3 Å². The second kappa shape index (κ2) is 8.82. The number of anilines is 1. The number of esters is 1. The molecule has 0 aliphatic heterocycles. The predicted octanol–water partition coefficient (Wildman–Crippen LogP) is 3.87. The number of thiophene rings is 1. The monoisotopic (exact) mass is 366 g/mol. The maximum Gasteiger partial charge on any atom is 0.341 e. The van der Waals surface area contributed by atoms with Crippen molar-refractivity contribution in [1.29, 1.82) is 0 Å². The Hall–Kier alpha value is -1.89. The molecule has 1 unspecified atom stereocenters. The van der Waals surface area contributed by atoms with Crippen LogP contribution in [0, 0.1) is 0 Å². The zero-order chi connectivity index (χ0) is 17.5. The van der Waals surface area contributed by atoms with E-state index in [0.717, 1.165) is 5.56 Å². The van der Waals surface area contributed by atoms with Crippen molar-refractivity contribution in [1.82, 2.24) is 5.32 Å². The zero-order valence-electron chi connectivity index (χ0n) is 13.5. The average Bonchev–Trinajstić information content (AvgIpc) is 3.01. The molecule has 0 spiro atoms. The molecule has 1 atom stereocenters. The van der Waals surface area contributed by atoms with Gasteiger partial charge < -0.3 is 15.4 Å². The van der Waals surface area contributed by atoms with Gasteiger partial charge in [0.15, 0.2) is 0 Å². The number of hydrogen-bond donors (Lipinski definition) is 2. The lowest BCUT2D eigenvalue weighted by molar-refractivity contribution is -0.115. The normalized spacial score (nSPS) is 11.8. The number of halogens is 1. The van der Waals surface area contributed by atoms with E-state index in [-0.39, 0.29) is 18.5 Å². The Bertz CT molecular complexity index is 700. The van der Waals surface area contributed by atoms with E-state index < -0.39 is 5.97 Å². The first kappa shape index (κ1) is 18.4. The lowest BCUT2D eigenvalue weighted by Gasteiger charge is -2.14. The molecule has 24 heavy (non-hydrogen) atoms. The Morgan fingerprint density at radius 2 is 1.96 bits per heavy atom. The smallest absolute Gasteiger partial charge is 0.341 e. The van der Waals surface area contributed by atoms with Gasteiger partial charge in [0.1, 0.15) is 5.00 Å². The van der Waals surface area contributed by atoms with Crippen LogP contribution in [-0.4, -0.2) is 25.0 Å². The molecule has 7 heteroatoms. The van der Waals surface area contributed by atoms with Gasteiger partial charge in [0.05, 0.1) is 18.7 Å². The molecule has 0 radical (unpaired) electrons. The van der Waals surface area contributed by atoms with Crippen LogP contribution in [0.5, 0.6) is 0 Å². The third-order valence-electron chi connectivity index (χ3n) is 3.35. The molecule has 0 saturated carbocycles. The van der Waals surface area contributed by atoms with Gasteiger partial charge in [-0.05, 0) is 43.0 Å². The topological polar surface area (TPSA) is 67.4 Å². The lowest BCUT2D eigenvalue weighted by Crippen LogP contribution is -2.30. The van der Waals surface area contributed by atoms with Gasteiger partial charge in [-0.3, -0.25) is 4.79 Å². The van der Waals surface area contributed by atoms with Gasteiger partial charge in [-0.2, -0.15) is 0 Å². The number of amides is 1. The summed E-state index contributed by atoms with van der Waals surface area (Å²) in [5, 5.41) is 8.79. The molecular weight excluding hydrogens is 348 g/mol. The van der Waals surface area contributed by atoms with Crippen molar-refractivity contribution in [3.05, 3.63) is 51.9 Å². The number of rotatable bonds is 7. The molecule has 0 aliphatic rings. The first-order valence-electron chi connectivity index (χ1n) is 7.54. The summed E-state index contributed by atoms with van der Waals surface area (Å²) < 4.78 is 4.96. The van der Waals surface area contributed by atoms with E-state index in [0.29, 0.717) is 22.2 Å². The number of nitrogens with one attached hydrogen (secondary N) is 2. The molecule has 128 valence electrons. The highest BCUT2D eigenvalue weighted by Crippen LogP contribution is 2.24. The first-order chi connectivity index (χ1) is 11.5. The summed E-state index contributed by atoms with van der Waals surface area (Å²) >= 11 is 7.15. The van der Waals surface area contributed by atoms with Gasteiger partial charge >= 0.3 is 5.97 Å². The standard InChI is InChI=1S/C17H19ClN2O3S/c1-3-23-17(22)14-8-9-24-16(14)20-15(21)10-19-11(2)12-4-6-13(18)7-5-12/h4-9,11,19H,3,10H2,1-2H3,(H,20,21). The van der Waals surface area contributed by atoms with Crippen molar-refractivity contribution in [2.45, 2.75) is 19.9 Å². The molecule has 0 aliphatic carbocycles. The van der Waals surface area contributed by atoms with Gasteiger partial charge in [0.2, 0.25) is 5.91 Å². The van der Waals surface area contributed by atoms with Gasteiger partial charge in [0.25, 0.3) is 0 Å². The molecule has 1 aromatic heterocycles. The molecule has 2 rings (SSSR count). The Labute approximate surface area is 150 Å². The first-order valence-corrected chi connectivity index (χ1v) is 8.80. The van der Waals surface area contributed by atoms with Crippen LogP contribution in [0.2, 0.25) is 5.02 Å². The highest BCUT2D eigenvalue weighted by Gasteiger charge is 2.16. The van der Waals surface area contributed by atoms with E-state index in [1.165, 1.54) is 11.3 Å². The summed E-state index contributed by atoms with van der Waals surface area (Å²) in [6, 6.07) is 9.09. The van der Waals surface area contributed by atoms with Gasteiger partial charge in [-0.15, -0.1) is 11.3 Å². The summed E-state index contributed by atoms with van der Waals surface area (Å²) in [6.07, 6.45) is 0. The van der Waals surface area contributed by atoms with Crippen LogP contribution in [0.3, 0.4) is 0 Å². The maximum absolute atomic E-state index is 12.1. The van der Waals surface area contributed by atoms with Gasteiger partial charge in [-0.25, -0.2) is 4.79 Å². The maximum atomic E-state index is 12.1. The summed E-state index contributed by atoms with van der Waals surface area (Å²) in [7, 11) is 0. The molecule has 2 aromatic rings. The zero-order valence-corrected chi connectivity index (χ0v) is 15.0. The Kier molecular flexibility index (Phi) is 6.78. The number of carbonyl (C=O) groups is 2. The minimum absolute atomic E-state index is 0.000814. The Balaban J connectivity index is 1.89. The van der Waals surface area contributed by atoms with Crippen molar-refractivity contribution in [2.24, 2.45) is 0 Å². The summed E-state index contributed by atoms with van der Waals surface area (Å²) in [4.78, 5) is 23.9. The SMILES string of the molecule is CCOC(=O)c1ccsc1NC(=O)CNC(C)c1ccc(Cl)cc1. The molecule has 0 bridgehead atoms. The summed E-state index contributed by atoms with van der Waals surface area (Å²) in [6.45, 7) is 4.13. The summed E-state index contributed by atoms with van der Waals surface area (Å²) in [5.74, 6) is -0.652. The van der Waals surface area contributed by atoms with Gasteiger partial charge in [0, 0.05) is 11.1 Å². The van der Waals surface area contributed by atoms with Crippen molar-refractivity contribution in [3.63, 3.8) is 0 Å². The molecular formula is C17H19ClN2O3S. The summed E-state index contributed by atoms with van der Waals surface area (Å²) in [5.41, 5.74) is 1.41. The Morgan fingerprint density at radius 3 is 2.62 bits per heavy atom. The van der Waals surface area contributed by atoms with Crippen LogP contribution in [0.1, 0.15) is 35.8 Å². The fourth-order valence-corrected chi connectivity index (χ4v) is 2.98. The highest BCUT2D eigenvalue weighted by molar-refractivity contribution is 7.14. The predicted molar refractivity (Wildman–Crippen MR) is 96.8 cm³/mol. The fraction of sp³-hybridized carbons (Fsp3) is 0.294. The van der Waals surface area contributed by atoms with Crippen LogP contribution < -0.4 is 10.6 Å². The van der Waals surface area contributed by atoms with E-state index in [9.17, 15) is 9.59 Å². The molecule has 1 aromatic carbocycles. The van der Waals surface area contributed by atoms with Crippen molar-refractivity contribution < 1.29 is 14.3 Å². The molecule has 1 amide bonds. The lowest BCUT2D eigenvalue weighted by atomic mass is 10.1. The quantitative estimate of drug-likeness (QED) is 0.730. The third kappa shape index (κ3) is 5.06. The molecule has 0 saturated heterocycles. The fourth-order valence-electron chi connectivity index (χ4n) is 2.06. The van der Waals surface area contributed by atoms with Crippen LogP contribution in [0.25, 0.3) is 0 Å².